The lowest BCUT2D eigenvalue weighted by molar-refractivity contribution is 0.0658. The fraction of sp³-hybridized carbons (Fsp3) is 0.714. The van der Waals surface area contributed by atoms with E-state index in [1.165, 1.54) is 32.0 Å². The van der Waals surface area contributed by atoms with Gasteiger partial charge in [0.25, 0.3) is 0 Å². The number of nitrogens with two attached hydrogens (primary N) is 1. The Morgan fingerprint density at radius 3 is 2.75 bits per heavy atom. The van der Waals surface area contributed by atoms with E-state index in [2.05, 4.69) is 27.6 Å². The van der Waals surface area contributed by atoms with Crippen LogP contribution in [0.2, 0.25) is 0 Å². The molecule has 6 nitrogen and oxygen atoms in total. The summed E-state index contributed by atoms with van der Waals surface area (Å²) in [6.07, 6.45) is 8.91. The zero-order valence-corrected chi connectivity index (χ0v) is 12.2. The highest BCUT2D eigenvalue weighted by Gasteiger charge is 2.15. The lowest BCUT2D eigenvalue weighted by Crippen LogP contribution is -2.18. The van der Waals surface area contributed by atoms with Gasteiger partial charge in [0.1, 0.15) is 18.0 Å². The first kappa shape index (κ1) is 15.0. The van der Waals surface area contributed by atoms with Gasteiger partial charge in [-0.2, -0.15) is 0 Å². The van der Waals surface area contributed by atoms with Gasteiger partial charge in [-0.15, -0.1) is 0 Å². The molecule has 1 aliphatic carbocycles. The standard InChI is InChI=1S/C14H25N5O/c1-2-5-12-13(17-10-18-14(12)19-15)16-8-9-20-11-6-3-4-7-11/h10-11H,2-9,15H2,1H3,(H2,16,17,18,19). The molecule has 4 N–H and O–H groups in total. The van der Waals surface area contributed by atoms with Crippen molar-refractivity contribution in [2.45, 2.75) is 51.6 Å². The molecule has 0 spiro atoms. The minimum Gasteiger partial charge on any atom is -0.376 e. The Hall–Kier alpha value is -1.40. The molecule has 6 heteroatoms. The molecular formula is C14H25N5O. The summed E-state index contributed by atoms with van der Waals surface area (Å²) >= 11 is 0. The number of nitrogens with one attached hydrogen (secondary N) is 2. The molecule has 0 atom stereocenters. The molecule has 0 bridgehead atoms. The molecule has 0 aromatic carbocycles. The topological polar surface area (TPSA) is 85.1 Å². The zero-order valence-electron chi connectivity index (χ0n) is 12.2. The van der Waals surface area contributed by atoms with E-state index in [-0.39, 0.29) is 0 Å². The number of rotatable bonds is 8. The van der Waals surface area contributed by atoms with Crippen LogP contribution in [0.5, 0.6) is 0 Å². The van der Waals surface area contributed by atoms with E-state index < -0.39 is 0 Å². The average molecular weight is 279 g/mol. The smallest absolute Gasteiger partial charge is 0.148 e. The molecule has 0 aliphatic heterocycles. The highest BCUT2D eigenvalue weighted by atomic mass is 16.5. The molecule has 0 unspecified atom stereocenters. The quantitative estimate of drug-likeness (QED) is 0.384. The van der Waals surface area contributed by atoms with Gasteiger partial charge in [-0.1, -0.05) is 26.2 Å². The molecule has 1 aliphatic rings. The zero-order chi connectivity index (χ0) is 14.2. The highest BCUT2D eigenvalue weighted by Crippen LogP contribution is 2.22. The van der Waals surface area contributed by atoms with Crippen LogP contribution in [0.3, 0.4) is 0 Å². The number of anilines is 2. The monoisotopic (exact) mass is 279 g/mol. The van der Waals surface area contributed by atoms with Gasteiger partial charge in [-0.05, 0) is 19.3 Å². The van der Waals surface area contributed by atoms with Crippen molar-refractivity contribution in [3.63, 3.8) is 0 Å². The van der Waals surface area contributed by atoms with Crippen molar-refractivity contribution < 1.29 is 4.74 Å². The van der Waals surface area contributed by atoms with Crippen molar-refractivity contribution in [3.05, 3.63) is 11.9 Å². The van der Waals surface area contributed by atoms with Crippen LogP contribution in [0.4, 0.5) is 11.6 Å². The van der Waals surface area contributed by atoms with Crippen LogP contribution in [0.25, 0.3) is 0 Å². The first-order chi connectivity index (χ1) is 9.85. The SMILES string of the molecule is CCCc1c(NN)ncnc1NCCOC1CCCC1. The van der Waals surface area contributed by atoms with Gasteiger partial charge in [-0.25, -0.2) is 15.8 Å². The van der Waals surface area contributed by atoms with Gasteiger partial charge < -0.3 is 15.5 Å². The van der Waals surface area contributed by atoms with E-state index in [1.54, 1.807) is 0 Å². The molecule has 2 rings (SSSR count). The van der Waals surface area contributed by atoms with Gasteiger partial charge in [0.05, 0.1) is 12.7 Å². The summed E-state index contributed by atoms with van der Waals surface area (Å²) in [6, 6.07) is 0. The molecule has 1 heterocycles. The molecular weight excluding hydrogens is 254 g/mol. The van der Waals surface area contributed by atoms with Crippen LogP contribution in [0.15, 0.2) is 6.33 Å². The molecule has 0 saturated heterocycles. The summed E-state index contributed by atoms with van der Waals surface area (Å²) in [6.45, 7) is 3.60. The summed E-state index contributed by atoms with van der Waals surface area (Å²) < 4.78 is 5.83. The third kappa shape index (κ3) is 4.05. The second kappa shape index (κ2) is 8.01. The summed E-state index contributed by atoms with van der Waals surface area (Å²) in [5, 5.41) is 3.33. The maximum atomic E-state index is 5.83. The Bertz CT molecular complexity index is 407. The molecule has 1 aromatic heterocycles. The number of hydrogen-bond acceptors (Lipinski definition) is 6. The van der Waals surface area contributed by atoms with Crippen molar-refractivity contribution in [3.8, 4) is 0 Å². The lowest BCUT2D eigenvalue weighted by atomic mass is 10.1. The number of hydrazine groups is 1. The first-order valence-electron chi connectivity index (χ1n) is 7.51. The van der Waals surface area contributed by atoms with E-state index in [0.717, 1.165) is 30.8 Å². The van der Waals surface area contributed by atoms with E-state index in [4.69, 9.17) is 10.6 Å². The van der Waals surface area contributed by atoms with Crippen LogP contribution >= 0.6 is 0 Å². The number of ether oxygens (including phenoxy) is 1. The Morgan fingerprint density at radius 1 is 1.30 bits per heavy atom. The van der Waals surface area contributed by atoms with Crippen molar-refractivity contribution in [2.24, 2.45) is 5.84 Å². The minimum absolute atomic E-state index is 0.457. The van der Waals surface area contributed by atoms with Crippen molar-refractivity contribution in [1.82, 2.24) is 9.97 Å². The molecule has 1 fully saturated rings. The van der Waals surface area contributed by atoms with E-state index >= 15 is 0 Å². The average Bonchev–Trinajstić information content (AvgIpc) is 2.98. The Kier molecular flexibility index (Phi) is 6.01. The van der Waals surface area contributed by atoms with Crippen molar-refractivity contribution >= 4 is 11.6 Å². The lowest BCUT2D eigenvalue weighted by Gasteiger charge is -2.15. The number of nitrogen functional groups attached to an aromatic ring is 1. The van der Waals surface area contributed by atoms with Crippen LogP contribution in [-0.4, -0.2) is 29.2 Å². The fourth-order valence-corrected chi connectivity index (χ4v) is 2.63. The van der Waals surface area contributed by atoms with Crippen LogP contribution in [0, 0.1) is 0 Å². The summed E-state index contributed by atoms with van der Waals surface area (Å²) in [7, 11) is 0. The molecule has 112 valence electrons. The van der Waals surface area contributed by atoms with Gasteiger partial charge in [0, 0.05) is 12.1 Å². The van der Waals surface area contributed by atoms with E-state index in [9.17, 15) is 0 Å². The normalized spacial score (nSPS) is 15.5. The van der Waals surface area contributed by atoms with Crippen molar-refractivity contribution in [2.75, 3.05) is 23.9 Å². The molecule has 0 radical (unpaired) electrons. The van der Waals surface area contributed by atoms with E-state index in [1.807, 2.05) is 0 Å². The van der Waals surface area contributed by atoms with Gasteiger partial charge in [0.2, 0.25) is 0 Å². The second-order valence-electron chi connectivity index (χ2n) is 5.15. The van der Waals surface area contributed by atoms with Gasteiger partial charge >= 0.3 is 0 Å². The third-order valence-electron chi connectivity index (χ3n) is 3.63. The number of aromatic nitrogens is 2. The Morgan fingerprint density at radius 2 is 2.05 bits per heavy atom. The predicted molar refractivity (Wildman–Crippen MR) is 80.5 cm³/mol. The first-order valence-corrected chi connectivity index (χ1v) is 7.51. The third-order valence-corrected chi connectivity index (χ3v) is 3.63. The van der Waals surface area contributed by atoms with Crippen LogP contribution in [-0.2, 0) is 11.2 Å². The van der Waals surface area contributed by atoms with Gasteiger partial charge in [0.15, 0.2) is 0 Å². The summed E-state index contributed by atoms with van der Waals surface area (Å²) in [5.74, 6) is 7.04. The second-order valence-corrected chi connectivity index (χ2v) is 5.15. The largest absolute Gasteiger partial charge is 0.376 e. The minimum atomic E-state index is 0.457. The maximum absolute atomic E-state index is 5.83. The van der Waals surface area contributed by atoms with Gasteiger partial charge in [-0.3, -0.25) is 0 Å². The predicted octanol–water partition coefficient (Wildman–Crippen LogP) is 2.09. The number of nitrogens with zero attached hydrogens (tertiary/aromatic N) is 2. The fourth-order valence-electron chi connectivity index (χ4n) is 2.63. The highest BCUT2D eigenvalue weighted by molar-refractivity contribution is 5.56. The summed E-state index contributed by atoms with van der Waals surface area (Å²) in [4.78, 5) is 8.45. The Labute approximate surface area is 120 Å². The number of hydrogen-bond donors (Lipinski definition) is 3. The van der Waals surface area contributed by atoms with Crippen molar-refractivity contribution in [1.29, 1.82) is 0 Å². The molecule has 0 amide bonds. The molecule has 1 aromatic rings. The maximum Gasteiger partial charge on any atom is 0.148 e. The van der Waals surface area contributed by atoms with Crippen LogP contribution < -0.4 is 16.6 Å². The Balaban J connectivity index is 1.84. The molecule has 20 heavy (non-hydrogen) atoms. The van der Waals surface area contributed by atoms with E-state index in [0.29, 0.717) is 18.5 Å². The molecule has 1 saturated carbocycles. The van der Waals surface area contributed by atoms with Crippen LogP contribution in [0.1, 0.15) is 44.6 Å². The summed E-state index contributed by atoms with van der Waals surface area (Å²) in [5.41, 5.74) is 3.67.